The van der Waals surface area contributed by atoms with Gasteiger partial charge in [-0.25, -0.2) is 27.0 Å². The lowest BCUT2D eigenvalue weighted by Crippen LogP contribution is -2.49. The van der Waals surface area contributed by atoms with Gasteiger partial charge in [0.2, 0.25) is 15.9 Å². The molecule has 0 bridgehead atoms. The van der Waals surface area contributed by atoms with Gasteiger partial charge in [-0.3, -0.25) is 14.4 Å². The Morgan fingerprint density at radius 1 is 1.07 bits per heavy atom. The second kappa shape index (κ2) is 15.3. The lowest BCUT2D eigenvalue weighted by molar-refractivity contribution is 0.0996. The molecule has 3 amide bonds. The zero-order chi connectivity index (χ0) is 33.4. The zero-order valence-corrected chi connectivity index (χ0v) is 27.0. The molecule has 2 heterocycles. The van der Waals surface area contributed by atoms with Crippen molar-refractivity contribution in [2.24, 2.45) is 5.73 Å². The summed E-state index contributed by atoms with van der Waals surface area (Å²) in [6, 6.07) is 11.2. The second-order valence-corrected chi connectivity index (χ2v) is 13.2. The maximum atomic E-state index is 14.4. The summed E-state index contributed by atoms with van der Waals surface area (Å²) in [5.41, 5.74) is 6.69. The first-order valence-corrected chi connectivity index (χ1v) is 16.9. The highest BCUT2D eigenvalue weighted by molar-refractivity contribution is 7.92. The number of nitrogens with one attached hydrogen (secondary N) is 2. The van der Waals surface area contributed by atoms with Gasteiger partial charge in [-0.1, -0.05) is 19.4 Å². The Morgan fingerprint density at radius 2 is 1.76 bits per heavy atom. The number of nitrogens with zero attached hydrogens (tertiary/aromatic N) is 3. The van der Waals surface area contributed by atoms with Crippen LogP contribution in [0.15, 0.2) is 48.5 Å². The third-order valence-corrected chi connectivity index (χ3v) is 9.18. The number of halogens is 2. The molecule has 1 aliphatic rings. The fourth-order valence-corrected chi connectivity index (χ4v) is 5.82. The molecule has 4 N–H and O–H groups in total. The molecule has 46 heavy (non-hydrogen) atoms. The number of unbranched alkanes of at least 4 members (excludes halogenated alkanes) is 1. The normalized spacial score (nSPS) is 14.1. The number of pyridine rings is 1. The molecule has 1 saturated heterocycles. The largest absolute Gasteiger partial charge is 0.439 e. The summed E-state index contributed by atoms with van der Waals surface area (Å²) in [6.45, 7) is 8.07. The molecule has 0 unspecified atom stereocenters. The highest BCUT2D eigenvalue weighted by Crippen LogP contribution is 2.26. The van der Waals surface area contributed by atoms with Crippen molar-refractivity contribution in [2.45, 2.75) is 59.0 Å². The van der Waals surface area contributed by atoms with Crippen molar-refractivity contribution in [2.75, 3.05) is 35.4 Å². The number of sulfonamides is 1. The zero-order valence-electron chi connectivity index (χ0n) is 26.2. The molecule has 0 aliphatic carbocycles. The number of hydrogen-bond acceptors (Lipinski definition) is 7. The number of urea groups is 1. The first-order chi connectivity index (χ1) is 21.9. The number of anilines is 2. The summed E-state index contributed by atoms with van der Waals surface area (Å²) in [4.78, 5) is 33.4. The Morgan fingerprint density at radius 3 is 2.37 bits per heavy atom. The van der Waals surface area contributed by atoms with Gasteiger partial charge >= 0.3 is 6.03 Å². The molecule has 4 rings (SSSR count). The maximum Gasteiger partial charge on any atom is 0.322 e. The summed E-state index contributed by atoms with van der Waals surface area (Å²) < 4.78 is 60.3. The van der Waals surface area contributed by atoms with E-state index in [9.17, 15) is 26.8 Å². The first kappa shape index (κ1) is 34.6. The molecular formula is C32H40F2N6O5S. The van der Waals surface area contributed by atoms with E-state index in [1.807, 2.05) is 19.9 Å². The van der Waals surface area contributed by atoms with E-state index in [4.69, 9.17) is 10.5 Å². The molecule has 1 fully saturated rings. The van der Waals surface area contributed by atoms with Crippen molar-refractivity contribution in [3.63, 3.8) is 0 Å². The first-order valence-electron chi connectivity index (χ1n) is 15.2. The molecule has 0 atom stereocenters. The van der Waals surface area contributed by atoms with Crippen LogP contribution < -0.4 is 20.5 Å². The smallest absolute Gasteiger partial charge is 0.322 e. The summed E-state index contributed by atoms with van der Waals surface area (Å²) in [5, 5.41) is 2.51. The van der Waals surface area contributed by atoms with Crippen LogP contribution in [0.2, 0.25) is 0 Å². The number of primary amides is 1. The molecule has 3 aromatic rings. The van der Waals surface area contributed by atoms with Gasteiger partial charge in [0, 0.05) is 55.7 Å². The third-order valence-electron chi connectivity index (χ3n) is 7.87. The summed E-state index contributed by atoms with van der Waals surface area (Å²) in [7, 11) is -3.36. The van der Waals surface area contributed by atoms with Gasteiger partial charge in [0.25, 0.3) is 5.91 Å². The molecule has 11 nitrogen and oxygen atoms in total. The molecule has 0 spiro atoms. The minimum Gasteiger partial charge on any atom is -0.439 e. The average Bonchev–Trinajstić information content (AvgIpc) is 3.01. The van der Waals surface area contributed by atoms with Crippen LogP contribution in [0.1, 0.15) is 61.1 Å². The van der Waals surface area contributed by atoms with Gasteiger partial charge in [-0.05, 0) is 69.0 Å². The lowest BCUT2D eigenvalue weighted by atomic mass is 10.0. The number of piperidine rings is 1. The Labute approximate surface area is 268 Å². The number of nitrogens with two attached hydrogens (primary N) is 1. The Bertz CT molecular complexity index is 1650. The number of aryl methyl sites for hydroxylation is 1. The summed E-state index contributed by atoms with van der Waals surface area (Å²) in [6.07, 6.45) is 3.02. The van der Waals surface area contributed by atoms with E-state index in [1.165, 1.54) is 0 Å². The fourth-order valence-electron chi connectivity index (χ4n) is 5.18. The second-order valence-electron chi connectivity index (χ2n) is 11.2. The van der Waals surface area contributed by atoms with Crippen LogP contribution >= 0.6 is 0 Å². The number of carbonyl (C=O) groups excluding carboxylic acids is 2. The molecule has 0 radical (unpaired) electrons. The number of amides is 3. The van der Waals surface area contributed by atoms with Crippen molar-refractivity contribution >= 4 is 33.3 Å². The van der Waals surface area contributed by atoms with Crippen LogP contribution in [-0.4, -0.2) is 66.6 Å². The van der Waals surface area contributed by atoms with Crippen LogP contribution in [0.25, 0.3) is 0 Å². The Hall–Kier alpha value is -4.30. The standard InChI is InChI=1S/C32H40F2N6O5S/c1-4-6-15-40(32(42)37-29-18-26(31(35)41)27(33)19-28(29)34)24-13-16-39(17-14-24)20-22-7-12-30(36-21(22)3)45-25-10-8-23(9-11-25)38-46(43,44)5-2/h7-12,18-19,24,38H,4-6,13-17,20H2,1-3H3,(H2,35,41)(H,37,42). The van der Waals surface area contributed by atoms with Crippen molar-refractivity contribution in [1.82, 2.24) is 14.8 Å². The van der Waals surface area contributed by atoms with E-state index in [-0.39, 0.29) is 17.5 Å². The third kappa shape index (κ3) is 9.13. The molecule has 1 aliphatic heterocycles. The van der Waals surface area contributed by atoms with Crippen molar-refractivity contribution < 1.29 is 31.5 Å². The predicted molar refractivity (Wildman–Crippen MR) is 172 cm³/mol. The van der Waals surface area contributed by atoms with Crippen molar-refractivity contribution in [3.05, 3.63) is 77.0 Å². The van der Waals surface area contributed by atoms with Gasteiger partial charge in [0.15, 0.2) is 0 Å². The summed E-state index contributed by atoms with van der Waals surface area (Å²) >= 11 is 0. The molecular weight excluding hydrogens is 618 g/mol. The average molecular weight is 659 g/mol. The lowest BCUT2D eigenvalue weighted by Gasteiger charge is -2.38. The monoisotopic (exact) mass is 658 g/mol. The molecule has 248 valence electrons. The molecule has 2 aromatic carbocycles. The number of carbonyl (C=O) groups is 2. The van der Waals surface area contributed by atoms with Crippen LogP contribution in [0.3, 0.4) is 0 Å². The highest BCUT2D eigenvalue weighted by Gasteiger charge is 2.29. The topological polar surface area (TPSA) is 147 Å². The SMILES string of the molecule is CCCCN(C(=O)Nc1cc(C(N)=O)c(F)cc1F)C1CCN(Cc2ccc(Oc3ccc(NS(=O)(=O)CC)cc3)nc2C)CC1. The van der Waals surface area contributed by atoms with Crippen LogP contribution in [-0.2, 0) is 16.6 Å². The van der Waals surface area contributed by atoms with Crippen molar-refractivity contribution in [3.8, 4) is 11.6 Å². The van der Waals surface area contributed by atoms with E-state index >= 15 is 0 Å². The van der Waals surface area contributed by atoms with E-state index < -0.39 is 39.2 Å². The number of aromatic nitrogens is 1. The maximum absolute atomic E-state index is 14.4. The van der Waals surface area contributed by atoms with E-state index in [2.05, 4.69) is 19.9 Å². The van der Waals surface area contributed by atoms with Gasteiger partial charge < -0.3 is 20.7 Å². The number of rotatable bonds is 13. The number of likely N-dealkylation sites (tertiary alicyclic amines) is 1. The molecule has 14 heteroatoms. The Kier molecular flexibility index (Phi) is 11.5. The van der Waals surface area contributed by atoms with Gasteiger partial charge in [-0.15, -0.1) is 0 Å². The van der Waals surface area contributed by atoms with Crippen LogP contribution in [0, 0.1) is 18.6 Å². The fraction of sp³-hybridized carbons (Fsp3) is 0.406. The van der Waals surface area contributed by atoms with Crippen LogP contribution in [0.4, 0.5) is 25.0 Å². The summed E-state index contributed by atoms with van der Waals surface area (Å²) in [5.74, 6) is -2.21. The van der Waals surface area contributed by atoms with Crippen LogP contribution in [0.5, 0.6) is 11.6 Å². The molecule has 1 aromatic heterocycles. The minimum absolute atomic E-state index is 0.0179. The van der Waals surface area contributed by atoms with Gasteiger partial charge in [0.1, 0.15) is 17.4 Å². The number of benzene rings is 2. The van der Waals surface area contributed by atoms with E-state index in [1.54, 1.807) is 42.2 Å². The predicted octanol–water partition coefficient (Wildman–Crippen LogP) is 5.62. The molecule has 0 saturated carbocycles. The van der Waals surface area contributed by atoms with Gasteiger partial charge in [-0.2, -0.15) is 0 Å². The van der Waals surface area contributed by atoms with E-state index in [0.717, 1.165) is 43.3 Å². The number of hydrogen-bond donors (Lipinski definition) is 3. The quantitative estimate of drug-likeness (QED) is 0.216. The highest BCUT2D eigenvalue weighted by atomic mass is 32.2. The van der Waals surface area contributed by atoms with E-state index in [0.29, 0.717) is 49.3 Å². The van der Waals surface area contributed by atoms with Crippen molar-refractivity contribution in [1.29, 1.82) is 0 Å². The van der Waals surface area contributed by atoms with Gasteiger partial charge in [0.05, 0.1) is 17.0 Å². The minimum atomic E-state index is -3.36. The number of ether oxygens (including phenoxy) is 1. The Balaban J connectivity index is 1.34.